The van der Waals surface area contributed by atoms with Gasteiger partial charge in [-0.1, -0.05) is 0 Å². The average molecular weight is 187 g/mol. The molecule has 0 atom stereocenters. The van der Waals surface area contributed by atoms with E-state index in [2.05, 4.69) is 5.32 Å². The first-order valence-electron chi connectivity index (χ1n) is 4.53. The van der Waals surface area contributed by atoms with Crippen molar-refractivity contribution in [3.63, 3.8) is 0 Å². The number of ether oxygens (including phenoxy) is 2. The van der Waals surface area contributed by atoms with Crippen molar-refractivity contribution < 1.29 is 14.3 Å². The number of carbonyl (C=O) groups is 1. The van der Waals surface area contributed by atoms with E-state index >= 15 is 0 Å². The Morgan fingerprint density at radius 3 is 2.62 bits per heavy atom. The molecule has 0 spiro atoms. The van der Waals surface area contributed by atoms with Gasteiger partial charge in [0.05, 0.1) is 19.1 Å². The van der Waals surface area contributed by atoms with Crippen LogP contribution >= 0.6 is 0 Å². The van der Waals surface area contributed by atoms with Gasteiger partial charge in [-0.25, -0.2) is 0 Å². The lowest BCUT2D eigenvalue weighted by Crippen LogP contribution is -2.32. The minimum absolute atomic E-state index is 0.0857. The Balaban J connectivity index is 2.16. The lowest BCUT2D eigenvalue weighted by molar-refractivity contribution is -0.146. The quantitative estimate of drug-likeness (QED) is 0.476. The van der Waals surface area contributed by atoms with E-state index in [0.29, 0.717) is 13.2 Å². The molecule has 0 radical (unpaired) electrons. The molecular formula is C9H17NO3. The van der Waals surface area contributed by atoms with Crippen LogP contribution in [-0.2, 0) is 14.3 Å². The molecule has 1 N–H and O–H groups in total. The van der Waals surface area contributed by atoms with Crippen molar-refractivity contribution in [3.8, 4) is 0 Å². The number of hydrogen-bond donors (Lipinski definition) is 1. The predicted molar refractivity (Wildman–Crippen MR) is 48.4 cm³/mol. The molecule has 76 valence electrons. The van der Waals surface area contributed by atoms with Gasteiger partial charge in [0.25, 0.3) is 0 Å². The average Bonchev–Trinajstić information content (AvgIpc) is 2.92. The van der Waals surface area contributed by atoms with Gasteiger partial charge in [0.1, 0.15) is 0 Å². The topological polar surface area (TPSA) is 47.6 Å². The standard InChI is InChI=1S/C9H17NO3/c1-12-6-5-10-7-9(3-4-9)8(11)13-2/h10H,3-7H2,1-2H3. The van der Waals surface area contributed by atoms with E-state index in [9.17, 15) is 4.79 Å². The molecule has 0 bridgehead atoms. The van der Waals surface area contributed by atoms with Gasteiger partial charge in [-0.2, -0.15) is 0 Å². The number of methoxy groups -OCH3 is 2. The minimum atomic E-state index is -0.220. The summed E-state index contributed by atoms with van der Waals surface area (Å²) in [6.45, 7) is 2.18. The van der Waals surface area contributed by atoms with E-state index in [4.69, 9.17) is 9.47 Å². The first-order chi connectivity index (χ1) is 6.25. The largest absolute Gasteiger partial charge is 0.469 e. The fourth-order valence-corrected chi connectivity index (χ4v) is 1.32. The monoisotopic (exact) mass is 187 g/mol. The predicted octanol–water partition coefficient (Wildman–Crippen LogP) is 0.176. The summed E-state index contributed by atoms with van der Waals surface area (Å²) in [5.74, 6) is -0.0857. The molecule has 1 fully saturated rings. The van der Waals surface area contributed by atoms with Crippen LogP contribution in [0.5, 0.6) is 0 Å². The van der Waals surface area contributed by atoms with Gasteiger partial charge >= 0.3 is 5.97 Å². The van der Waals surface area contributed by atoms with Gasteiger partial charge in [-0.05, 0) is 12.8 Å². The van der Waals surface area contributed by atoms with E-state index in [0.717, 1.165) is 19.4 Å². The zero-order valence-corrected chi connectivity index (χ0v) is 8.26. The van der Waals surface area contributed by atoms with Gasteiger partial charge in [0.15, 0.2) is 0 Å². The molecule has 1 aliphatic carbocycles. The zero-order valence-electron chi connectivity index (χ0n) is 8.26. The second-order valence-electron chi connectivity index (χ2n) is 3.44. The molecule has 13 heavy (non-hydrogen) atoms. The molecule has 1 rings (SSSR count). The van der Waals surface area contributed by atoms with Crippen molar-refractivity contribution >= 4 is 5.97 Å². The fraction of sp³-hybridized carbons (Fsp3) is 0.889. The SMILES string of the molecule is COCCNCC1(C(=O)OC)CC1. The molecule has 0 heterocycles. The van der Waals surface area contributed by atoms with E-state index < -0.39 is 0 Å². The van der Waals surface area contributed by atoms with Crippen LogP contribution in [0.15, 0.2) is 0 Å². The normalized spacial score (nSPS) is 18.3. The third-order valence-electron chi connectivity index (χ3n) is 2.42. The summed E-state index contributed by atoms with van der Waals surface area (Å²) in [6.07, 6.45) is 1.89. The Bertz CT molecular complexity index is 178. The lowest BCUT2D eigenvalue weighted by atomic mass is 10.1. The highest BCUT2D eigenvalue weighted by Gasteiger charge is 2.50. The number of esters is 1. The molecule has 4 heteroatoms. The van der Waals surface area contributed by atoms with Crippen molar-refractivity contribution in [3.05, 3.63) is 0 Å². The van der Waals surface area contributed by atoms with E-state index in [1.165, 1.54) is 7.11 Å². The Morgan fingerprint density at radius 2 is 2.15 bits per heavy atom. The smallest absolute Gasteiger partial charge is 0.313 e. The van der Waals surface area contributed by atoms with Crippen LogP contribution in [0.25, 0.3) is 0 Å². The van der Waals surface area contributed by atoms with Crippen LogP contribution in [0.1, 0.15) is 12.8 Å². The van der Waals surface area contributed by atoms with Crippen molar-refractivity contribution in [2.24, 2.45) is 5.41 Å². The first-order valence-corrected chi connectivity index (χ1v) is 4.53. The molecule has 0 aliphatic heterocycles. The summed E-state index contributed by atoms with van der Waals surface area (Å²) in [5.41, 5.74) is -0.220. The maximum Gasteiger partial charge on any atom is 0.313 e. The van der Waals surface area contributed by atoms with Crippen molar-refractivity contribution in [2.75, 3.05) is 33.9 Å². The highest BCUT2D eigenvalue weighted by atomic mass is 16.5. The third kappa shape index (κ3) is 2.67. The van der Waals surface area contributed by atoms with Crippen LogP contribution in [0.3, 0.4) is 0 Å². The lowest BCUT2D eigenvalue weighted by Gasteiger charge is -2.12. The van der Waals surface area contributed by atoms with Gasteiger partial charge < -0.3 is 14.8 Å². The molecule has 0 unspecified atom stereocenters. The highest BCUT2D eigenvalue weighted by Crippen LogP contribution is 2.45. The molecule has 1 aliphatic rings. The molecule has 4 nitrogen and oxygen atoms in total. The molecule has 0 aromatic rings. The van der Waals surface area contributed by atoms with Crippen LogP contribution in [-0.4, -0.2) is 39.9 Å². The van der Waals surface area contributed by atoms with E-state index in [1.54, 1.807) is 7.11 Å². The molecule has 0 amide bonds. The fourth-order valence-electron chi connectivity index (χ4n) is 1.32. The Kier molecular flexibility index (Phi) is 3.69. The van der Waals surface area contributed by atoms with Gasteiger partial charge in [-0.15, -0.1) is 0 Å². The zero-order chi connectivity index (χ0) is 9.73. The Morgan fingerprint density at radius 1 is 1.46 bits per heavy atom. The number of rotatable bonds is 6. The minimum Gasteiger partial charge on any atom is -0.469 e. The van der Waals surface area contributed by atoms with Gasteiger partial charge in [-0.3, -0.25) is 4.79 Å². The molecule has 0 saturated heterocycles. The van der Waals surface area contributed by atoms with Crippen LogP contribution in [0.2, 0.25) is 0 Å². The van der Waals surface area contributed by atoms with Crippen molar-refractivity contribution in [2.45, 2.75) is 12.8 Å². The van der Waals surface area contributed by atoms with E-state index in [1.807, 2.05) is 0 Å². The maximum atomic E-state index is 11.3. The Hall–Kier alpha value is -0.610. The number of nitrogens with one attached hydrogen (secondary N) is 1. The second kappa shape index (κ2) is 4.58. The second-order valence-corrected chi connectivity index (χ2v) is 3.44. The van der Waals surface area contributed by atoms with Crippen LogP contribution in [0, 0.1) is 5.41 Å². The highest BCUT2D eigenvalue weighted by molar-refractivity contribution is 5.80. The summed E-state index contributed by atoms with van der Waals surface area (Å²) < 4.78 is 9.61. The summed E-state index contributed by atoms with van der Waals surface area (Å²) >= 11 is 0. The summed E-state index contributed by atoms with van der Waals surface area (Å²) in [5, 5.41) is 3.18. The number of hydrogen-bond acceptors (Lipinski definition) is 4. The number of carbonyl (C=O) groups excluding carboxylic acids is 1. The van der Waals surface area contributed by atoms with Crippen LogP contribution < -0.4 is 5.32 Å². The first kappa shape index (κ1) is 10.5. The summed E-state index contributed by atoms with van der Waals surface area (Å²) in [4.78, 5) is 11.3. The molecular weight excluding hydrogens is 170 g/mol. The Labute approximate surface area is 78.6 Å². The van der Waals surface area contributed by atoms with Crippen molar-refractivity contribution in [1.29, 1.82) is 0 Å². The third-order valence-corrected chi connectivity index (χ3v) is 2.42. The summed E-state index contributed by atoms with van der Waals surface area (Å²) in [6, 6.07) is 0. The van der Waals surface area contributed by atoms with Crippen molar-refractivity contribution in [1.82, 2.24) is 5.32 Å². The van der Waals surface area contributed by atoms with Gasteiger partial charge in [0, 0.05) is 20.2 Å². The van der Waals surface area contributed by atoms with Crippen LogP contribution in [0.4, 0.5) is 0 Å². The summed E-state index contributed by atoms with van der Waals surface area (Å²) in [7, 11) is 3.10. The van der Waals surface area contributed by atoms with E-state index in [-0.39, 0.29) is 11.4 Å². The molecule has 1 saturated carbocycles. The molecule has 0 aromatic carbocycles. The van der Waals surface area contributed by atoms with Gasteiger partial charge in [0.2, 0.25) is 0 Å². The molecule has 0 aromatic heterocycles. The maximum absolute atomic E-state index is 11.3.